The second-order valence-corrected chi connectivity index (χ2v) is 5.09. The minimum atomic E-state index is 0.184. The van der Waals surface area contributed by atoms with Gasteiger partial charge in [0, 0.05) is 0 Å². The number of rotatable bonds is 4. The number of tetrazole rings is 1. The van der Waals surface area contributed by atoms with Crippen LogP contribution in [-0.2, 0) is 12.8 Å². The number of nitrogens with one attached hydrogen (secondary N) is 1. The quantitative estimate of drug-likeness (QED) is 0.905. The van der Waals surface area contributed by atoms with Crippen molar-refractivity contribution >= 4 is 0 Å². The van der Waals surface area contributed by atoms with Gasteiger partial charge in [0.25, 0.3) is 0 Å². The Hall–Kier alpha value is -1.75. The molecule has 0 radical (unpaired) electrons. The van der Waals surface area contributed by atoms with E-state index in [1.54, 1.807) is 0 Å². The van der Waals surface area contributed by atoms with Gasteiger partial charge in [-0.15, -0.1) is 5.10 Å². The molecule has 0 bridgehead atoms. The van der Waals surface area contributed by atoms with Gasteiger partial charge in [-0.05, 0) is 47.9 Å². The lowest BCUT2D eigenvalue weighted by Crippen LogP contribution is -2.24. The van der Waals surface area contributed by atoms with E-state index in [0.29, 0.717) is 6.04 Å². The molecule has 1 N–H and O–H groups in total. The highest BCUT2D eigenvalue weighted by Gasteiger charge is 2.27. The minimum absolute atomic E-state index is 0.184. The van der Waals surface area contributed by atoms with E-state index in [2.05, 4.69) is 59.0 Å². The van der Waals surface area contributed by atoms with E-state index >= 15 is 0 Å². The Balaban J connectivity index is 1.84. The number of aromatic nitrogens is 4. The Morgan fingerprint density at radius 2 is 2.00 bits per heavy atom. The third-order valence-corrected chi connectivity index (χ3v) is 3.79. The number of hydrogen-bond acceptors (Lipinski definition) is 4. The second kappa shape index (κ2) is 5.09. The van der Waals surface area contributed by atoms with Crippen LogP contribution in [0.25, 0.3) is 0 Å². The average molecular weight is 257 g/mol. The highest BCUT2D eigenvalue weighted by Crippen LogP contribution is 2.30. The van der Waals surface area contributed by atoms with Gasteiger partial charge in [-0.1, -0.05) is 31.2 Å². The number of nitrogens with zero attached hydrogens (tertiary/aromatic N) is 4. The van der Waals surface area contributed by atoms with E-state index in [9.17, 15) is 0 Å². The van der Waals surface area contributed by atoms with Crippen molar-refractivity contribution in [3.8, 4) is 0 Å². The maximum absolute atomic E-state index is 4.20. The Morgan fingerprint density at radius 3 is 2.63 bits per heavy atom. The molecular formula is C14H19N5. The van der Waals surface area contributed by atoms with Crippen molar-refractivity contribution in [2.45, 2.75) is 38.8 Å². The first-order valence-corrected chi connectivity index (χ1v) is 6.87. The van der Waals surface area contributed by atoms with E-state index in [1.807, 2.05) is 4.68 Å². The molecule has 5 nitrogen and oxygen atoms in total. The van der Waals surface area contributed by atoms with Crippen molar-refractivity contribution in [1.82, 2.24) is 25.5 Å². The summed E-state index contributed by atoms with van der Waals surface area (Å²) in [6.07, 6.45) is 2.04. The first-order chi connectivity index (χ1) is 9.29. The monoisotopic (exact) mass is 257 g/mol. The largest absolute Gasteiger partial charge is 0.308 e. The zero-order chi connectivity index (χ0) is 13.2. The number of hydrogen-bond donors (Lipinski definition) is 1. The van der Waals surface area contributed by atoms with Crippen molar-refractivity contribution in [3.63, 3.8) is 0 Å². The van der Waals surface area contributed by atoms with Crippen LogP contribution in [0.15, 0.2) is 24.3 Å². The molecule has 1 aliphatic carbocycles. The SMILES string of the molecule is CCNC(C)c1nnnn1C1Cc2ccccc2C1. The third-order valence-electron chi connectivity index (χ3n) is 3.79. The van der Waals surface area contributed by atoms with Crippen molar-refractivity contribution in [2.24, 2.45) is 0 Å². The Kier molecular flexibility index (Phi) is 3.29. The molecule has 0 spiro atoms. The molecule has 0 saturated heterocycles. The zero-order valence-electron chi connectivity index (χ0n) is 11.4. The van der Waals surface area contributed by atoms with Crippen LogP contribution < -0.4 is 5.32 Å². The summed E-state index contributed by atoms with van der Waals surface area (Å²) in [5.41, 5.74) is 2.84. The number of benzene rings is 1. The molecule has 0 amide bonds. The van der Waals surface area contributed by atoms with Gasteiger partial charge in [0.1, 0.15) is 0 Å². The van der Waals surface area contributed by atoms with Gasteiger partial charge >= 0.3 is 0 Å². The molecular weight excluding hydrogens is 238 g/mol. The van der Waals surface area contributed by atoms with Crippen LogP contribution in [0.4, 0.5) is 0 Å². The summed E-state index contributed by atoms with van der Waals surface area (Å²) in [7, 11) is 0. The summed E-state index contributed by atoms with van der Waals surface area (Å²) in [5, 5.41) is 15.6. The minimum Gasteiger partial charge on any atom is -0.308 e. The van der Waals surface area contributed by atoms with Gasteiger partial charge in [-0.25, -0.2) is 4.68 Å². The Labute approximate surface area is 113 Å². The summed E-state index contributed by atoms with van der Waals surface area (Å²) in [5.74, 6) is 0.930. The molecule has 3 rings (SSSR count). The predicted octanol–water partition coefficient (Wildman–Crippen LogP) is 1.68. The van der Waals surface area contributed by atoms with Crippen LogP contribution >= 0.6 is 0 Å². The van der Waals surface area contributed by atoms with Gasteiger partial charge in [0.2, 0.25) is 0 Å². The van der Waals surface area contributed by atoms with Crippen LogP contribution in [0, 0.1) is 0 Å². The normalized spacial score (nSPS) is 16.5. The van der Waals surface area contributed by atoms with Crippen LogP contribution in [0.5, 0.6) is 0 Å². The standard InChI is InChI=1S/C14H19N5/c1-3-15-10(2)14-16-17-18-19(14)13-8-11-6-4-5-7-12(11)9-13/h4-7,10,13,15H,3,8-9H2,1-2H3. The van der Waals surface area contributed by atoms with Crippen LogP contribution in [0.1, 0.15) is 42.9 Å². The van der Waals surface area contributed by atoms with Crippen LogP contribution in [0.2, 0.25) is 0 Å². The first kappa shape index (κ1) is 12.3. The highest BCUT2D eigenvalue weighted by atomic mass is 15.6. The molecule has 0 aliphatic heterocycles. The van der Waals surface area contributed by atoms with E-state index in [4.69, 9.17) is 0 Å². The van der Waals surface area contributed by atoms with Crippen LogP contribution in [0.3, 0.4) is 0 Å². The summed E-state index contributed by atoms with van der Waals surface area (Å²) < 4.78 is 1.99. The smallest absolute Gasteiger partial charge is 0.168 e. The van der Waals surface area contributed by atoms with E-state index < -0.39 is 0 Å². The maximum Gasteiger partial charge on any atom is 0.168 e. The Morgan fingerprint density at radius 1 is 1.32 bits per heavy atom. The summed E-state index contributed by atoms with van der Waals surface area (Å²) >= 11 is 0. The van der Waals surface area contributed by atoms with Gasteiger partial charge in [-0.2, -0.15) is 0 Å². The third kappa shape index (κ3) is 2.26. The first-order valence-electron chi connectivity index (χ1n) is 6.87. The summed E-state index contributed by atoms with van der Waals surface area (Å²) in [4.78, 5) is 0. The Bertz CT molecular complexity index is 537. The van der Waals surface area contributed by atoms with E-state index in [0.717, 1.165) is 25.2 Å². The molecule has 1 aromatic carbocycles. The fraction of sp³-hybridized carbons (Fsp3) is 0.500. The van der Waals surface area contributed by atoms with E-state index in [-0.39, 0.29) is 6.04 Å². The average Bonchev–Trinajstić information content (AvgIpc) is 3.05. The summed E-state index contributed by atoms with van der Waals surface area (Å²) in [6, 6.07) is 9.14. The number of fused-ring (bicyclic) bond motifs is 1. The van der Waals surface area contributed by atoms with Gasteiger partial charge in [-0.3, -0.25) is 0 Å². The topological polar surface area (TPSA) is 55.6 Å². The highest BCUT2D eigenvalue weighted by molar-refractivity contribution is 5.32. The van der Waals surface area contributed by atoms with Crippen molar-refractivity contribution in [1.29, 1.82) is 0 Å². The molecule has 0 fully saturated rings. The lowest BCUT2D eigenvalue weighted by Gasteiger charge is -2.16. The fourth-order valence-electron chi connectivity index (χ4n) is 2.85. The predicted molar refractivity (Wildman–Crippen MR) is 72.8 cm³/mol. The molecule has 5 heteroatoms. The molecule has 1 unspecified atom stereocenters. The van der Waals surface area contributed by atoms with Crippen molar-refractivity contribution < 1.29 is 0 Å². The molecule has 1 heterocycles. The molecule has 0 saturated carbocycles. The maximum atomic E-state index is 4.20. The van der Waals surface area contributed by atoms with E-state index in [1.165, 1.54) is 11.1 Å². The zero-order valence-corrected chi connectivity index (χ0v) is 11.4. The van der Waals surface area contributed by atoms with Gasteiger partial charge in [0.15, 0.2) is 5.82 Å². The molecule has 2 aromatic rings. The van der Waals surface area contributed by atoms with Crippen LogP contribution in [-0.4, -0.2) is 26.8 Å². The fourth-order valence-corrected chi connectivity index (χ4v) is 2.85. The summed E-state index contributed by atoms with van der Waals surface area (Å²) in [6.45, 7) is 5.11. The molecule has 100 valence electrons. The van der Waals surface area contributed by atoms with Gasteiger partial charge < -0.3 is 5.32 Å². The second-order valence-electron chi connectivity index (χ2n) is 5.09. The molecule has 1 aromatic heterocycles. The molecule has 1 aliphatic rings. The van der Waals surface area contributed by atoms with Crippen molar-refractivity contribution in [3.05, 3.63) is 41.2 Å². The molecule has 1 atom stereocenters. The molecule has 19 heavy (non-hydrogen) atoms. The van der Waals surface area contributed by atoms with Gasteiger partial charge in [0.05, 0.1) is 12.1 Å². The van der Waals surface area contributed by atoms with Crippen molar-refractivity contribution in [2.75, 3.05) is 6.54 Å². The lowest BCUT2D eigenvalue weighted by molar-refractivity contribution is 0.419. The lowest BCUT2D eigenvalue weighted by atomic mass is 10.1.